The fourth-order valence-electron chi connectivity index (χ4n) is 1.91. The standard InChI is InChI=1S/C9H9BrN2O.C7H6N2.C2H6/c10-7-3-4-8(11-5-7)12-9(13)6-1-2-6;1-2-4-7-6(3-1)5-8-9-7;1-2/h3-6H,1-2H2,(H,11,12,13);1-5H,(H,8,9);1-2H3. The zero-order valence-corrected chi connectivity index (χ0v) is 15.4. The Morgan fingerprint density at radius 3 is 2.54 bits per heavy atom. The molecule has 2 heterocycles. The fourth-order valence-corrected chi connectivity index (χ4v) is 2.14. The van der Waals surface area contributed by atoms with E-state index >= 15 is 0 Å². The van der Waals surface area contributed by atoms with Crippen molar-refractivity contribution >= 4 is 38.6 Å². The van der Waals surface area contributed by atoms with Gasteiger partial charge in [0.2, 0.25) is 5.91 Å². The molecule has 126 valence electrons. The van der Waals surface area contributed by atoms with Crippen molar-refractivity contribution in [1.82, 2.24) is 15.2 Å². The Bertz CT molecular complexity index is 736. The van der Waals surface area contributed by atoms with Crippen LogP contribution in [0.4, 0.5) is 5.82 Å². The molecule has 3 aromatic rings. The second-order valence-corrected chi connectivity index (χ2v) is 6.00. The van der Waals surface area contributed by atoms with Gasteiger partial charge in [0.1, 0.15) is 5.82 Å². The second kappa shape index (κ2) is 9.17. The van der Waals surface area contributed by atoms with E-state index < -0.39 is 0 Å². The topological polar surface area (TPSA) is 70.7 Å². The Labute approximate surface area is 150 Å². The van der Waals surface area contributed by atoms with E-state index in [1.807, 2.05) is 50.4 Å². The zero-order chi connectivity index (χ0) is 17.4. The van der Waals surface area contributed by atoms with Gasteiger partial charge in [-0.2, -0.15) is 5.10 Å². The number of hydrogen-bond acceptors (Lipinski definition) is 3. The lowest BCUT2D eigenvalue weighted by molar-refractivity contribution is -0.117. The van der Waals surface area contributed by atoms with Crippen molar-refractivity contribution in [3.05, 3.63) is 53.3 Å². The number of benzene rings is 1. The summed E-state index contributed by atoms with van der Waals surface area (Å²) in [6.07, 6.45) is 5.52. The number of aromatic nitrogens is 3. The molecule has 5 nitrogen and oxygen atoms in total. The Hall–Kier alpha value is -2.21. The first-order valence-corrected chi connectivity index (χ1v) is 8.82. The molecule has 0 saturated heterocycles. The minimum Gasteiger partial charge on any atom is -0.310 e. The van der Waals surface area contributed by atoms with Crippen molar-refractivity contribution in [3.63, 3.8) is 0 Å². The van der Waals surface area contributed by atoms with Crippen molar-refractivity contribution < 1.29 is 4.79 Å². The van der Waals surface area contributed by atoms with Gasteiger partial charge in [0, 0.05) is 22.0 Å². The molecule has 2 N–H and O–H groups in total. The van der Waals surface area contributed by atoms with Gasteiger partial charge in [-0.25, -0.2) is 4.98 Å². The van der Waals surface area contributed by atoms with E-state index in [4.69, 9.17) is 0 Å². The lowest BCUT2D eigenvalue weighted by atomic mass is 10.3. The van der Waals surface area contributed by atoms with E-state index in [1.54, 1.807) is 12.3 Å². The van der Waals surface area contributed by atoms with Gasteiger partial charge in [-0.15, -0.1) is 0 Å². The SMILES string of the molecule is CC.O=C(Nc1ccc(Br)cn1)C1CC1.c1ccc2[nH]ncc2c1. The van der Waals surface area contributed by atoms with Crippen LogP contribution in [0.15, 0.2) is 53.3 Å². The lowest BCUT2D eigenvalue weighted by Crippen LogP contribution is -2.13. The number of rotatable bonds is 2. The first-order chi connectivity index (χ1) is 11.7. The molecule has 0 unspecified atom stereocenters. The number of anilines is 1. The Morgan fingerprint density at radius 1 is 1.17 bits per heavy atom. The summed E-state index contributed by atoms with van der Waals surface area (Å²) < 4.78 is 0.914. The smallest absolute Gasteiger partial charge is 0.228 e. The average Bonchev–Trinajstić information content (AvgIpc) is 3.37. The van der Waals surface area contributed by atoms with Gasteiger partial charge < -0.3 is 5.32 Å². The van der Waals surface area contributed by atoms with Crippen LogP contribution in [-0.4, -0.2) is 21.1 Å². The first-order valence-electron chi connectivity index (χ1n) is 8.03. The van der Waals surface area contributed by atoms with Gasteiger partial charge in [0.15, 0.2) is 0 Å². The lowest BCUT2D eigenvalue weighted by Gasteiger charge is -2.01. The van der Waals surface area contributed by atoms with Gasteiger partial charge in [-0.1, -0.05) is 32.0 Å². The Kier molecular flexibility index (Phi) is 6.93. The molecular weight excluding hydrogens is 368 g/mol. The third-order valence-corrected chi connectivity index (χ3v) is 3.75. The highest BCUT2D eigenvalue weighted by Gasteiger charge is 2.29. The number of aromatic amines is 1. The predicted octanol–water partition coefficient (Wildman–Crippen LogP) is 4.78. The largest absolute Gasteiger partial charge is 0.310 e. The molecule has 1 aliphatic carbocycles. The van der Waals surface area contributed by atoms with E-state index in [9.17, 15) is 4.79 Å². The third-order valence-electron chi connectivity index (χ3n) is 3.28. The fraction of sp³-hybridized carbons (Fsp3) is 0.278. The summed E-state index contributed by atoms with van der Waals surface area (Å²) in [7, 11) is 0. The minimum atomic E-state index is 0.0924. The molecule has 4 rings (SSSR count). The molecule has 24 heavy (non-hydrogen) atoms. The second-order valence-electron chi connectivity index (χ2n) is 5.08. The number of amides is 1. The molecule has 1 fully saturated rings. The summed E-state index contributed by atoms with van der Waals surface area (Å²) in [6.45, 7) is 4.00. The van der Waals surface area contributed by atoms with E-state index in [1.165, 1.54) is 0 Å². The molecule has 0 aliphatic heterocycles. The number of nitrogens with one attached hydrogen (secondary N) is 2. The molecule has 2 aromatic heterocycles. The molecule has 1 amide bonds. The number of nitrogens with zero attached hydrogens (tertiary/aromatic N) is 2. The van der Waals surface area contributed by atoms with Crippen molar-refractivity contribution in [2.75, 3.05) is 5.32 Å². The normalized spacial score (nSPS) is 12.5. The average molecular weight is 389 g/mol. The van der Waals surface area contributed by atoms with Crippen LogP contribution < -0.4 is 5.32 Å². The van der Waals surface area contributed by atoms with Crippen LogP contribution in [0.2, 0.25) is 0 Å². The number of halogens is 1. The maximum absolute atomic E-state index is 11.3. The highest BCUT2D eigenvalue weighted by atomic mass is 79.9. The Morgan fingerprint density at radius 2 is 1.92 bits per heavy atom. The van der Waals surface area contributed by atoms with Crippen molar-refractivity contribution in [3.8, 4) is 0 Å². The maximum atomic E-state index is 11.3. The summed E-state index contributed by atoms with van der Waals surface area (Å²) in [4.78, 5) is 15.3. The number of fused-ring (bicyclic) bond motifs is 1. The molecule has 1 aromatic carbocycles. The molecule has 0 spiro atoms. The van der Waals surface area contributed by atoms with Gasteiger partial charge >= 0.3 is 0 Å². The molecule has 0 atom stereocenters. The van der Waals surface area contributed by atoms with E-state index in [0.29, 0.717) is 5.82 Å². The number of pyridine rings is 1. The van der Waals surface area contributed by atoms with Gasteiger partial charge in [0.25, 0.3) is 0 Å². The van der Waals surface area contributed by atoms with E-state index in [-0.39, 0.29) is 11.8 Å². The van der Waals surface area contributed by atoms with Gasteiger partial charge in [-0.05, 0) is 47.0 Å². The van der Waals surface area contributed by atoms with Crippen LogP contribution in [0.25, 0.3) is 10.9 Å². The molecule has 0 radical (unpaired) electrons. The highest BCUT2D eigenvalue weighted by Crippen LogP contribution is 2.29. The third kappa shape index (κ3) is 5.45. The van der Waals surface area contributed by atoms with Crippen molar-refractivity contribution in [2.24, 2.45) is 5.92 Å². The summed E-state index contributed by atoms with van der Waals surface area (Å²) in [5.74, 6) is 0.945. The summed E-state index contributed by atoms with van der Waals surface area (Å²) in [6, 6.07) is 11.7. The molecule has 1 aliphatic rings. The van der Waals surface area contributed by atoms with Crippen LogP contribution in [0.3, 0.4) is 0 Å². The van der Waals surface area contributed by atoms with Gasteiger partial charge in [0.05, 0.1) is 11.7 Å². The predicted molar refractivity (Wildman–Crippen MR) is 101 cm³/mol. The number of carbonyl (C=O) groups is 1. The summed E-state index contributed by atoms with van der Waals surface area (Å²) >= 11 is 3.28. The number of H-pyrrole nitrogens is 1. The van der Waals surface area contributed by atoms with Crippen LogP contribution in [0, 0.1) is 5.92 Å². The first kappa shape index (κ1) is 18.1. The maximum Gasteiger partial charge on any atom is 0.228 e. The zero-order valence-electron chi connectivity index (χ0n) is 13.8. The number of carbonyl (C=O) groups excluding carboxylic acids is 1. The number of para-hydroxylation sites is 1. The van der Waals surface area contributed by atoms with Crippen molar-refractivity contribution in [1.29, 1.82) is 0 Å². The van der Waals surface area contributed by atoms with Gasteiger partial charge in [-0.3, -0.25) is 9.89 Å². The van der Waals surface area contributed by atoms with Crippen LogP contribution in [-0.2, 0) is 4.79 Å². The van der Waals surface area contributed by atoms with Crippen LogP contribution >= 0.6 is 15.9 Å². The molecule has 1 saturated carbocycles. The quantitative estimate of drug-likeness (QED) is 0.663. The summed E-state index contributed by atoms with van der Waals surface area (Å²) in [5, 5.41) is 10.7. The van der Waals surface area contributed by atoms with Crippen LogP contribution in [0.5, 0.6) is 0 Å². The molecule has 0 bridgehead atoms. The van der Waals surface area contributed by atoms with Crippen molar-refractivity contribution in [2.45, 2.75) is 26.7 Å². The molecule has 6 heteroatoms. The highest BCUT2D eigenvalue weighted by molar-refractivity contribution is 9.10. The van der Waals surface area contributed by atoms with E-state index in [2.05, 4.69) is 36.4 Å². The monoisotopic (exact) mass is 388 g/mol. The summed E-state index contributed by atoms with van der Waals surface area (Å²) in [5.41, 5.74) is 1.09. The number of hydrogen-bond donors (Lipinski definition) is 2. The minimum absolute atomic E-state index is 0.0924. The molecular formula is C18H21BrN4O. The van der Waals surface area contributed by atoms with Crippen LogP contribution in [0.1, 0.15) is 26.7 Å². The van der Waals surface area contributed by atoms with E-state index in [0.717, 1.165) is 28.2 Å². The Balaban J connectivity index is 0.000000165.